The van der Waals surface area contributed by atoms with E-state index in [1.165, 1.54) is 4.90 Å². The number of urea groups is 1. The molecule has 3 heterocycles. The predicted octanol–water partition coefficient (Wildman–Crippen LogP) is 1.84. The predicted molar refractivity (Wildman–Crippen MR) is 94.2 cm³/mol. The number of fused-ring (bicyclic) bond motifs is 1. The van der Waals surface area contributed by atoms with Gasteiger partial charge in [0.05, 0.1) is 11.7 Å². The zero-order valence-corrected chi connectivity index (χ0v) is 14.7. The molecule has 3 amide bonds. The fourth-order valence-electron chi connectivity index (χ4n) is 3.33. The normalized spacial score (nSPS) is 19.3. The summed E-state index contributed by atoms with van der Waals surface area (Å²) in [6.07, 6.45) is 1.74. The fourth-order valence-corrected chi connectivity index (χ4v) is 3.33. The number of amides is 3. The topological polar surface area (TPSA) is 103 Å². The van der Waals surface area contributed by atoms with E-state index in [4.69, 9.17) is 4.74 Å². The van der Waals surface area contributed by atoms with Gasteiger partial charge in [-0.2, -0.15) is 5.10 Å². The summed E-state index contributed by atoms with van der Waals surface area (Å²) in [5.74, 6) is 1.87. The number of aryl methyl sites for hydroxylation is 1. The molecule has 2 aromatic rings. The van der Waals surface area contributed by atoms with E-state index < -0.39 is 0 Å². The third-order valence-electron chi connectivity index (χ3n) is 4.72. The molecule has 26 heavy (non-hydrogen) atoms. The van der Waals surface area contributed by atoms with Crippen molar-refractivity contribution >= 4 is 23.3 Å². The number of H-pyrrole nitrogens is 1. The minimum atomic E-state index is -0.208. The first kappa shape index (κ1) is 16.4. The summed E-state index contributed by atoms with van der Waals surface area (Å²) in [4.78, 5) is 32.2. The number of ether oxygens (including phenoxy) is 1. The summed E-state index contributed by atoms with van der Waals surface area (Å²) in [5, 5.41) is 9.93. The summed E-state index contributed by atoms with van der Waals surface area (Å²) in [6, 6.07) is 4.92. The summed E-state index contributed by atoms with van der Waals surface area (Å²) in [6.45, 7) is 2.51. The van der Waals surface area contributed by atoms with E-state index in [9.17, 15) is 9.59 Å². The minimum Gasteiger partial charge on any atom is -0.482 e. The van der Waals surface area contributed by atoms with Crippen LogP contribution in [0.4, 0.5) is 16.2 Å². The SMILES string of the molecule is Cc1nc([C@@H]2CCCN2C(=O)Nc2ccc3c(c2)N(C)C(=O)CO3)n[nH]1. The van der Waals surface area contributed by atoms with Gasteiger partial charge in [-0.05, 0) is 38.0 Å². The highest BCUT2D eigenvalue weighted by molar-refractivity contribution is 5.99. The number of carbonyl (C=O) groups excluding carboxylic acids is 2. The van der Waals surface area contributed by atoms with Crippen LogP contribution < -0.4 is 15.0 Å². The Morgan fingerprint density at radius 1 is 1.42 bits per heavy atom. The van der Waals surface area contributed by atoms with Crippen molar-refractivity contribution in [2.24, 2.45) is 0 Å². The number of anilines is 2. The molecule has 0 bridgehead atoms. The van der Waals surface area contributed by atoms with Gasteiger partial charge in [-0.25, -0.2) is 9.78 Å². The Balaban J connectivity index is 1.52. The van der Waals surface area contributed by atoms with Crippen LogP contribution in [0.2, 0.25) is 0 Å². The second kappa shape index (κ2) is 6.32. The van der Waals surface area contributed by atoms with E-state index in [2.05, 4.69) is 20.5 Å². The van der Waals surface area contributed by atoms with Crippen molar-refractivity contribution < 1.29 is 14.3 Å². The van der Waals surface area contributed by atoms with E-state index >= 15 is 0 Å². The quantitative estimate of drug-likeness (QED) is 0.854. The maximum Gasteiger partial charge on any atom is 0.322 e. The number of nitrogens with zero attached hydrogens (tertiary/aromatic N) is 4. The van der Waals surface area contributed by atoms with Crippen molar-refractivity contribution in [1.29, 1.82) is 0 Å². The van der Waals surface area contributed by atoms with Gasteiger partial charge in [0.2, 0.25) is 0 Å². The maximum absolute atomic E-state index is 12.8. The Labute approximate surface area is 150 Å². The van der Waals surface area contributed by atoms with E-state index in [1.54, 1.807) is 30.1 Å². The second-order valence-electron chi connectivity index (χ2n) is 6.48. The molecule has 0 spiro atoms. The summed E-state index contributed by atoms with van der Waals surface area (Å²) in [5.41, 5.74) is 1.25. The zero-order chi connectivity index (χ0) is 18.3. The molecule has 136 valence electrons. The maximum atomic E-state index is 12.8. The molecule has 0 aliphatic carbocycles. The van der Waals surface area contributed by atoms with E-state index in [0.29, 0.717) is 29.5 Å². The molecule has 0 saturated carbocycles. The smallest absolute Gasteiger partial charge is 0.322 e. The minimum absolute atomic E-state index is 0.0285. The standard InChI is InChI=1S/C17H20N6O3/c1-10-18-16(21-20-10)12-4-3-7-23(12)17(25)19-11-5-6-14-13(8-11)22(2)15(24)9-26-14/h5-6,8,12H,3-4,7,9H2,1-2H3,(H,19,25)(H,18,20,21)/t12-/m0/s1. The largest absolute Gasteiger partial charge is 0.482 e. The van der Waals surface area contributed by atoms with Crippen molar-refractivity contribution in [3.8, 4) is 5.75 Å². The lowest BCUT2D eigenvalue weighted by Gasteiger charge is -2.27. The highest BCUT2D eigenvalue weighted by Crippen LogP contribution is 2.35. The average Bonchev–Trinajstić information content (AvgIpc) is 3.27. The molecule has 1 fully saturated rings. The number of likely N-dealkylation sites (N-methyl/N-ethyl adjacent to an activating group) is 1. The molecule has 9 heteroatoms. The van der Waals surface area contributed by atoms with Gasteiger partial charge in [-0.1, -0.05) is 0 Å². The van der Waals surface area contributed by atoms with Crippen LogP contribution in [0.15, 0.2) is 18.2 Å². The molecule has 4 rings (SSSR count). The molecule has 0 radical (unpaired) electrons. The molecule has 1 saturated heterocycles. The van der Waals surface area contributed by atoms with Gasteiger partial charge in [0.25, 0.3) is 5.91 Å². The van der Waals surface area contributed by atoms with Gasteiger partial charge in [-0.15, -0.1) is 0 Å². The van der Waals surface area contributed by atoms with Crippen molar-refractivity contribution in [2.75, 3.05) is 30.4 Å². The third-order valence-corrected chi connectivity index (χ3v) is 4.72. The molecule has 2 aliphatic heterocycles. The Morgan fingerprint density at radius 3 is 3.04 bits per heavy atom. The number of likely N-dealkylation sites (tertiary alicyclic amines) is 1. The van der Waals surface area contributed by atoms with E-state index in [1.807, 2.05) is 6.92 Å². The van der Waals surface area contributed by atoms with Gasteiger partial charge >= 0.3 is 6.03 Å². The van der Waals surface area contributed by atoms with Gasteiger partial charge in [0, 0.05) is 19.3 Å². The van der Waals surface area contributed by atoms with Crippen molar-refractivity contribution in [1.82, 2.24) is 20.1 Å². The highest BCUT2D eigenvalue weighted by atomic mass is 16.5. The van der Waals surface area contributed by atoms with Crippen LogP contribution in [-0.4, -0.2) is 52.2 Å². The molecule has 9 nitrogen and oxygen atoms in total. The molecular weight excluding hydrogens is 336 g/mol. The highest BCUT2D eigenvalue weighted by Gasteiger charge is 2.33. The Hall–Kier alpha value is -3.10. The van der Waals surface area contributed by atoms with Gasteiger partial charge in [0.1, 0.15) is 11.6 Å². The third kappa shape index (κ3) is 2.85. The number of aromatic amines is 1. The summed E-state index contributed by atoms with van der Waals surface area (Å²) in [7, 11) is 1.69. The summed E-state index contributed by atoms with van der Waals surface area (Å²) < 4.78 is 5.41. The molecule has 2 aliphatic rings. The summed E-state index contributed by atoms with van der Waals surface area (Å²) >= 11 is 0. The van der Waals surface area contributed by atoms with Gasteiger partial charge in [0.15, 0.2) is 12.4 Å². The number of rotatable bonds is 2. The van der Waals surface area contributed by atoms with E-state index in [-0.39, 0.29) is 24.6 Å². The molecule has 1 aromatic carbocycles. The van der Waals surface area contributed by atoms with Crippen LogP contribution in [0.1, 0.15) is 30.5 Å². The molecule has 2 N–H and O–H groups in total. The lowest BCUT2D eigenvalue weighted by atomic mass is 10.2. The van der Waals surface area contributed by atoms with Crippen LogP contribution in [0.5, 0.6) is 5.75 Å². The monoisotopic (exact) mass is 356 g/mol. The van der Waals surface area contributed by atoms with Crippen molar-refractivity contribution in [3.05, 3.63) is 29.8 Å². The van der Waals surface area contributed by atoms with Crippen LogP contribution >= 0.6 is 0 Å². The van der Waals surface area contributed by atoms with Crippen LogP contribution in [0, 0.1) is 6.92 Å². The number of hydrogen-bond donors (Lipinski definition) is 2. The van der Waals surface area contributed by atoms with E-state index in [0.717, 1.165) is 18.7 Å². The fraction of sp³-hybridized carbons (Fsp3) is 0.412. The Bertz CT molecular complexity index is 864. The second-order valence-corrected chi connectivity index (χ2v) is 6.48. The van der Waals surface area contributed by atoms with Gasteiger partial charge < -0.3 is 19.9 Å². The Morgan fingerprint density at radius 2 is 2.27 bits per heavy atom. The lowest BCUT2D eigenvalue weighted by Crippen LogP contribution is -2.36. The number of benzene rings is 1. The zero-order valence-electron chi connectivity index (χ0n) is 14.7. The number of hydrogen-bond acceptors (Lipinski definition) is 5. The first-order valence-electron chi connectivity index (χ1n) is 8.53. The first-order valence-corrected chi connectivity index (χ1v) is 8.53. The molecule has 0 unspecified atom stereocenters. The van der Waals surface area contributed by atoms with Crippen LogP contribution in [0.25, 0.3) is 0 Å². The van der Waals surface area contributed by atoms with Crippen LogP contribution in [0.3, 0.4) is 0 Å². The van der Waals surface area contributed by atoms with Gasteiger partial charge in [-0.3, -0.25) is 9.89 Å². The number of nitrogens with one attached hydrogen (secondary N) is 2. The van der Waals surface area contributed by atoms with Crippen molar-refractivity contribution in [3.63, 3.8) is 0 Å². The van der Waals surface area contributed by atoms with Crippen molar-refractivity contribution in [2.45, 2.75) is 25.8 Å². The Kier molecular flexibility index (Phi) is 3.98. The lowest BCUT2D eigenvalue weighted by molar-refractivity contribution is -0.120. The molecule has 1 aromatic heterocycles. The first-order chi connectivity index (χ1) is 12.5. The van der Waals surface area contributed by atoms with Crippen LogP contribution in [-0.2, 0) is 4.79 Å². The average molecular weight is 356 g/mol. The number of carbonyl (C=O) groups is 2. The molecular formula is C17H20N6O3. The number of aromatic nitrogens is 3. The molecule has 1 atom stereocenters.